The molecule has 4 aromatic rings. The number of thiophene rings is 1. The van der Waals surface area contributed by atoms with Crippen LogP contribution in [0.4, 0.5) is 0 Å². The van der Waals surface area contributed by atoms with Crippen molar-refractivity contribution >= 4 is 34.7 Å². The number of hydrogen-bond donors (Lipinski definition) is 0. The fourth-order valence-electron chi connectivity index (χ4n) is 3.34. The highest BCUT2D eigenvalue weighted by molar-refractivity contribution is 7.99. The van der Waals surface area contributed by atoms with Gasteiger partial charge in [0.1, 0.15) is 17.6 Å². The maximum atomic E-state index is 13.0. The van der Waals surface area contributed by atoms with Gasteiger partial charge in [0, 0.05) is 12.0 Å². The number of ether oxygens (including phenoxy) is 1. The summed E-state index contributed by atoms with van der Waals surface area (Å²) in [5, 5.41) is 16.6. The second-order valence-corrected chi connectivity index (χ2v) is 8.76. The molecule has 4 heterocycles. The first kappa shape index (κ1) is 20.5. The van der Waals surface area contributed by atoms with E-state index < -0.39 is 0 Å². The van der Waals surface area contributed by atoms with Crippen LogP contribution >= 0.6 is 23.1 Å². The van der Waals surface area contributed by atoms with Crippen molar-refractivity contribution < 1.29 is 18.4 Å². The lowest BCUT2D eigenvalue weighted by Gasteiger charge is -2.19. The molecule has 0 aliphatic carbocycles. The van der Waals surface area contributed by atoms with E-state index in [0.29, 0.717) is 23.3 Å². The van der Waals surface area contributed by atoms with Crippen LogP contribution in [0, 0.1) is 0 Å². The first-order valence-corrected chi connectivity index (χ1v) is 11.7. The second kappa shape index (κ2) is 9.01. The Kier molecular flexibility index (Phi) is 5.78. The van der Waals surface area contributed by atoms with Gasteiger partial charge in [-0.1, -0.05) is 17.8 Å². The van der Waals surface area contributed by atoms with Crippen LogP contribution < -0.4 is 4.74 Å². The Hall–Kier alpha value is -3.37. The maximum Gasteiger partial charge on any atom is 0.277 e. The standard InChI is InChI=1S/C22H18N4O4S2/c1-28-15-8-6-14(7-9-15)21-23-24-22(30-21)32-13-20(27)26-17(18-4-2-10-29-18)12-16(25-26)19-5-3-11-31-19/h2-11,17H,12-13H2,1H3/t17-/m1/s1. The summed E-state index contributed by atoms with van der Waals surface area (Å²) < 4.78 is 16.4. The van der Waals surface area contributed by atoms with Crippen molar-refractivity contribution in [3.63, 3.8) is 0 Å². The van der Waals surface area contributed by atoms with Gasteiger partial charge >= 0.3 is 0 Å². The largest absolute Gasteiger partial charge is 0.497 e. The molecule has 3 aromatic heterocycles. The molecule has 0 radical (unpaired) electrons. The summed E-state index contributed by atoms with van der Waals surface area (Å²) in [7, 11) is 1.61. The van der Waals surface area contributed by atoms with Crippen molar-refractivity contribution in [2.75, 3.05) is 12.9 Å². The highest BCUT2D eigenvalue weighted by Gasteiger charge is 2.35. The molecule has 5 rings (SSSR count). The molecule has 8 nitrogen and oxygen atoms in total. The molecular weight excluding hydrogens is 448 g/mol. The number of aromatic nitrogens is 2. The summed E-state index contributed by atoms with van der Waals surface area (Å²) in [5.74, 6) is 1.79. The predicted molar refractivity (Wildman–Crippen MR) is 121 cm³/mol. The molecule has 0 fully saturated rings. The van der Waals surface area contributed by atoms with E-state index in [1.54, 1.807) is 24.7 Å². The molecule has 162 valence electrons. The monoisotopic (exact) mass is 466 g/mol. The molecule has 1 aromatic carbocycles. The van der Waals surface area contributed by atoms with Gasteiger partial charge in [-0.2, -0.15) is 5.10 Å². The van der Waals surface area contributed by atoms with Gasteiger partial charge in [0.15, 0.2) is 0 Å². The second-order valence-electron chi connectivity index (χ2n) is 6.89. The third-order valence-electron chi connectivity index (χ3n) is 4.91. The third kappa shape index (κ3) is 4.19. The van der Waals surface area contributed by atoms with Gasteiger partial charge in [-0.05, 0) is 47.8 Å². The van der Waals surface area contributed by atoms with Gasteiger partial charge in [0.25, 0.3) is 11.1 Å². The van der Waals surface area contributed by atoms with Crippen molar-refractivity contribution in [3.05, 3.63) is 70.8 Å². The first-order valence-electron chi connectivity index (χ1n) is 9.79. The highest BCUT2D eigenvalue weighted by Crippen LogP contribution is 2.35. The van der Waals surface area contributed by atoms with Crippen LogP contribution in [-0.2, 0) is 4.79 Å². The smallest absolute Gasteiger partial charge is 0.277 e. The van der Waals surface area contributed by atoms with E-state index in [1.807, 2.05) is 53.9 Å². The van der Waals surface area contributed by atoms with E-state index in [4.69, 9.17) is 13.6 Å². The number of carbonyl (C=O) groups excluding carboxylic acids is 1. The minimum Gasteiger partial charge on any atom is -0.497 e. The molecule has 0 saturated heterocycles. The number of methoxy groups -OCH3 is 1. The quantitative estimate of drug-likeness (QED) is 0.359. The molecule has 1 atom stereocenters. The molecule has 0 unspecified atom stereocenters. The van der Waals surface area contributed by atoms with Crippen molar-refractivity contribution in [2.45, 2.75) is 17.7 Å². The van der Waals surface area contributed by atoms with Gasteiger partial charge in [-0.3, -0.25) is 4.79 Å². The normalized spacial score (nSPS) is 15.7. The summed E-state index contributed by atoms with van der Waals surface area (Å²) in [4.78, 5) is 14.1. The van der Waals surface area contributed by atoms with Gasteiger partial charge in [-0.25, -0.2) is 5.01 Å². The molecule has 1 amide bonds. The van der Waals surface area contributed by atoms with Crippen LogP contribution in [0.1, 0.15) is 23.1 Å². The SMILES string of the molecule is COc1ccc(-c2nnc(SCC(=O)N3N=C(c4cccs4)C[C@@H]3c3ccco3)o2)cc1. The van der Waals surface area contributed by atoms with Gasteiger partial charge in [-0.15, -0.1) is 21.5 Å². The molecule has 1 aliphatic heterocycles. The Labute approximate surface area is 191 Å². The van der Waals surface area contributed by atoms with Crippen LogP contribution in [0.2, 0.25) is 0 Å². The Morgan fingerprint density at radius 1 is 1.22 bits per heavy atom. The van der Waals surface area contributed by atoms with Crippen molar-refractivity contribution in [2.24, 2.45) is 5.10 Å². The predicted octanol–water partition coefficient (Wildman–Crippen LogP) is 4.87. The number of hydrazone groups is 1. The molecule has 0 saturated carbocycles. The fourth-order valence-corrected chi connectivity index (χ4v) is 4.68. The third-order valence-corrected chi connectivity index (χ3v) is 6.63. The summed E-state index contributed by atoms with van der Waals surface area (Å²) >= 11 is 2.78. The maximum absolute atomic E-state index is 13.0. The Morgan fingerprint density at radius 3 is 2.81 bits per heavy atom. The first-order chi connectivity index (χ1) is 15.7. The number of hydrogen-bond acceptors (Lipinski definition) is 9. The summed E-state index contributed by atoms with van der Waals surface area (Å²) in [6.07, 6.45) is 2.21. The van der Waals surface area contributed by atoms with Gasteiger partial charge in [0.05, 0.1) is 29.7 Å². The topological polar surface area (TPSA) is 94.0 Å². The number of rotatable bonds is 7. The minimum atomic E-state index is -0.271. The van der Waals surface area contributed by atoms with Crippen molar-refractivity contribution in [1.29, 1.82) is 0 Å². The van der Waals surface area contributed by atoms with Crippen LogP contribution in [0.25, 0.3) is 11.5 Å². The molecule has 1 aliphatic rings. The molecule has 0 N–H and O–H groups in total. The number of amides is 1. The lowest BCUT2D eigenvalue weighted by molar-refractivity contribution is -0.130. The Balaban J connectivity index is 1.28. The molecule has 0 spiro atoms. The average molecular weight is 467 g/mol. The lowest BCUT2D eigenvalue weighted by Crippen LogP contribution is -2.28. The number of thioether (sulfide) groups is 1. The Bertz CT molecular complexity index is 1220. The van der Waals surface area contributed by atoms with Gasteiger partial charge in [0.2, 0.25) is 5.89 Å². The van der Waals surface area contributed by atoms with E-state index in [2.05, 4.69) is 15.3 Å². The molecule has 32 heavy (non-hydrogen) atoms. The van der Waals surface area contributed by atoms with E-state index in [0.717, 1.165) is 21.9 Å². The van der Waals surface area contributed by atoms with E-state index in [9.17, 15) is 4.79 Å². The lowest BCUT2D eigenvalue weighted by atomic mass is 10.1. The summed E-state index contributed by atoms with van der Waals surface area (Å²) in [5.41, 5.74) is 1.65. The summed E-state index contributed by atoms with van der Waals surface area (Å²) in [6.45, 7) is 0. The number of nitrogens with zero attached hydrogens (tertiary/aromatic N) is 4. The van der Waals surface area contributed by atoms with Crippen LogP contribution in [0.15, 0.2) is 79.3 Å². The zero-order valence-corrected chi connectivity index (χ0v) is 18.6. The average Bonchev–Trinajstić information content (AvgIpc) is 3.63. The van der Waals surface area contributed by atoms with E-state index in [-0.39, 0.29) is 17.7 Å². The molecular formula is C22H18N4O4S2. The minimum absolute atomic E-state index is 0.114. The van der Waals surface area contributed by atoms with Crippen LogP contribution in [-0.4, -0.2) is 39.7 Å². The Morgan fingerprint density at radius 2 is 2.09 bits per heavy atom. The van der Waals surface area contributed by atoms with Crippen LogP contribution in [0.3, 0.4) is 0 Å². The van der Waals surface area contributed by atoms with Crippen LogP contribution in [0.5, 0.6) is 5.75 Å². The number of benzene rings is 1. The number of furan rings is 1. The van der Waals surface area contributed by atoms with E-state index in [1.165, 1.54) is 16.8 Å². The highest BCUT2D eigenvalue weighted by atomic mass is 32.2. The summed E-state index contributed by atoms with van der Waals surface area (Å²) in [6, 6.07) is 14.7. The fraction of sp³-hybridized carbons (Fsp3) is 0.182. The van der Waals surface area contributed by atoms with Gasteiger partial charge < -0.3 is 13.6 Å². The van der Waals surface area contributed by atoms with Crippen molar-refractivity contribution in [1.82, 2.24) is 15.2 Å². The number of carbonyl (C=O) groups is 1. The molecule has 10 heteroatoms. The van der Waals surface area contributed by atoms with E-state index >= 15 is 0 Å². The van der Waals surface area contributed by atoms with Crippen molar-refractivity contribution in [3.8, 4) is 17.2 Å². The molecule has 0 bridgehead atoms. The zero-order valence-electron chi connectivity index (χ0n) is 17.0. The zero-order chi connectivity index (χ0) is 21.9.